The molecule has 0 spiro atoms. The summed E-state index contributed by atoms with van der Waals surface area (Å²) in [6.45, 7) is 4.61. The molecule has 1 aromatic carbocycles. The third-order valence-electron chi connectivity index (χ3n) is 8.51. The number of nitrogens with one attached hydrogen (secondary N) is 1. The maximum atomic E-state index is 14.0. The monoisotopic (exact) mass is 492 g/mol. The highest BCUT2D eigenvalue weighted by Crippen LogP contribution is 2.51. The van der Waals surface area contributed by atoms with Gasteiger partial charge in [-0.05, 0) is 61.8 Å². The highest BCUT2D eigenvalue weighted by atomic mass is 16.2. The van der Waals surface area contributed by atoms with Crippen molar-refractivity contribution in [2.45, 2.75) is 57.2 Å². The summed E-state index contributed by atoms with van der Waals surface area (Å²) in [7, 11) is 3.88. The highest BCUT2D eigenvalue weighted by Gasteiger charge is 2.65. The average molecular weight is 493 g/mol. The molecule has 192 valence electrons. The summed E-state index contributed by atoms with van der Waals surface area (Å²) in [4.78, 5) is 58.8. The number of Topliss-reactive ketones (excluding diaryl/α,β-unsaturated/α-hetero) is 1. The first-order valence-electron chi connectivity index (χ1n) is 13.0. The Balaban J connectivity index is 1.34. The van der Waals surface area contributed by atoms with Gasteiger partial charge in [-0.2, -0.15) is 0 Å². The van der Waals surface area contributed by atoms with E-state index in [2.05, 4.69) is 19.2 Å². The number of rotatable bonds is 6. The summed E-state index contributed by atoms with van der Waals surface area (Å²) < 4.78 is 0. The molecule has 2 unspecified atom stereocenters. The maximum Gasteiger partial charge on any atom is 0.252 e. The van der Waals surface area contributed by atoms with Crippen molar-refractivity contribution in [2.24, 2.45) is 17.8 Å². The van der Waals surface area contributed by atoms with E-state index in [1.807, 2.05) is 43.3 Å². The molecule has 2 saturated heterocycles. The second-order valence-electron chi connectivity index (χ2n) is 11.3. The number of amides is 3. The molecule has 1 aromatic rings. The van der Waals surface area contributed by atoms with Gasteiger partial charge < -0.3 is 20.0 Å². The van der Waals surface area contributed by atoms with E-state index >= 15 is 0 Å². The van der Waals surface area contributed by atoms with Crippen LogP contribution in [0.2, 0.25) is 0 Å². The molecular formula is C28H36N4O4. The molecule has 8 heteroatoms. The number of carbonyl (C=O) groups excluding carboxylic acids is 4. The number of hydrogen-bond acceptors (Lipinski definition) is 5. The Morgan fingerprint density at radius 2 is 1.72 bits per heavy atom. The van der Waals surface area contributed by atoms with Gasteiger partial charge in [0.2, 0.25) is 11.8 Å². The van der Waals surface area contributed by atoms with Crippen molar-refractivity contribution in [3.8, 4) is 0 Å². The first-order valence-corrected chi connectivity index (χ1v) is 13.0. The Labute approximate surface area is 212 Å². The number of anilines is 1. The zero-order chi connectivity index (χ0) is 25.8. The summed E-state index contributed by atoms with van der Waals surface area (Å²) in [5, 5.41) is 3.07. The smallest absolute Gasteiger partial charge is 0.252 e. The number of fused-ring (bicyclic) bond motifs is 1. The third-order valence-corrected chi connectivity index (χ3v) is 8.51. The van der Waals surface area contributed by atoms with E-state index in [-0.39, 0.29) is 53.8 Å². The van der Waals surface area contributed by atoms with Gasteiger partial charge in [0.15, 0.2) is 5.78 Å². The van der Waals surface area contributed by atoms with Crippen molar-refractivity contribution in [3.63, 3.8) is 0 Å². The van der Waals surface area contributed by atoms with E-state index in [1.165, 1.54) is 0 Å². The minimum absolute atomic E-state index is 0.00727. The van der Waals surface area contributed by atoms with Crippen molar-refractivity contribution in [3.05, 3.63) is 42.0 Å². The molecule has 3 fully saturated rings. The second kappa shape index (κ2) is 9.05. The lowest BCUT2D eigenvalue weighted by Gasteiger charge is -2.30. The molecule has 1 N–H and O–H groups in total. The molecule has 2 heterocycles. The fourth-order valence-electron chi connectivity index (χ4n) is 6.37. The van der Waals surface area contributed by atoms with Crippen LogP contribution in [0.25, 0.3) is 0 Å². The second-order valence-corrected chi connectivity index (χ2v) is 11.3. The molecule has 8 nitrogen and oxygen atoms in total. The number of hydrogen-bond donors (Lipinski definition) is 1. The van der Waals surface area contributed by atoms with Crippen LogP contribution in [-0.2, 0) is 14.4 Å². The van der Waals surface area contributed by atoms with Crippen molar-refractivity contribution in [2.75, 3.05) is 32.1 Å². The first-order chi connectivity index (χ1) is 17.1. The molecule has 4 atom stereocenters. The molecule has 0 bridgehead atoms. The number of allylic oxidation sites excluding steroid dienone is 2. The maximum absolute atomic E-state index is 14.0. The van der Waals surface area contributed by atoms with Crippen LogP contribution >= 0.6 is 0 Å². The fourth-order valence-corrected chi connectivity index (χ4v) is 6.37. The van der Waals surface area contributed by atoms with Gasteiger partial charge in [-0.25, -0.2) is 0 Å². The Morgan fingerprint density at radius 3 is 2.31 bits per heavy atom. The van der Waals surface area contributed by atoms with E-state index in [0.717, 1.165) is 5.69 Å². The van der Waals surface area contributed by atoms with E-state index in [4.69, 9.17) is 0 Å². The standard InChI is InChI=1S/C28H36N4O4/c1-17(2)21-15-28(21,29-25(34)18-9-11-20(12-10-18)30(3)4)27(36)31-14-13-22-24(31)23(33)16-32(22)26(35)19-7-5-6-8-19/h5-6,9-12,17,19,21-22,24H,7-8,13-16H2,1-4H3,(H,29,34)/t21?,22-,24+,28?/m1/s1. The van der Waals surface area contributed by atoms with E-state index in [0.29, 0.717) is 37.8 Å². The molecule has 0 aromatic heterocycles. The van der Waals surface area contributed by atoms with Crippen LogP contribution in [-0.4, -0.2) is 78.1 Å². The first kappa shape index (κ1) is 24.5. The lowest BCUT2D eigenvalue weighted by molar-refractivity contribution is -0.139. The molecule has 3 amide bonds. The van der Waals surface area contributed by atoms with E-state index in [9.17, 15) is 19.2 Å². The Hall–Kier alpha value is -3.16. The van der Waals surface area contributed by atoms with E-state index < -0.39 is 11.6 Å². The van der Waals surface area contributed by atoms with Crippen LogP contribution in [0.5, 0.6) is 0 Å². The summed E-state index contributed by atoms with van der Waals surface area (Å²) >= 11 is 0. The normalized spacial score (nSPS) is 29.1. The van der Waals surface area contributed by atoms with Gasteiger partial charge in [0.25, 0.3) is 5.91 Å². The van der Waals surface area contributed by atoms with Crippen LogP contribution in [0.4, 0.5) is 5.69 Å². The van der Waals surface area contributed by atoms with Crippen molar-refractivity contribution in [1.29, 1.82) is 0 Å². The number of nitrogens with zero attached hydrogens (tertiary/aromatic N) is 3. The molecule has 5 rings (SSSR count). The molecular weight excluding hydrogens is 456 g/mol. The zero-order valence-corrected chi connectivity index (χ0v) is 21.6. The minimum atomic E-state index is -1.01. The number of ketones is 1. The Morgan fingerprint density at radius 1 is 1.06 bits per heavy atom. The van der Waals surface area contributed by atoms with E-state index in [1.54, 1.807) is 21.9 Å². The van der Waals surface area contributed by atoms with Crippen molar-refractivity contribution >= 4 is 29.2 Å². The number of carbonyl (C=O) groups is 4. The largest absolute Gasteiger partial charge is 0.378 e. The Kier molecular flexibility index (Phi) is 6.17. The Bertz CT molecular complexity index is 1100. The van der Waals surface area contributed by atoms with Crippen molar-refractivity contribution in [1.82, 2.24) is 15.1 Å². The molecule has 4 aliphatic rings. The fraction of sp³-hybridized carbons (Fsp3) is 0.571. The zero-order valence-electron chi connectivity index (χ0n) is 21.6. The summed E-state index contributed by atoms with van der Waals surface area (Å²) in [6, 6.07) is 6.41. The predicted octanol–water partition coefficient (Wildman–Crippen LogP) is 2.24. The van der Waals surface area contributed by atoms with Gasteiger partial charge in [-0.15, -0.1) is 0 Å². The van der Waals surface area contributed by atoms with Gasteiger partial charge >= 0.3 is 0 Å². The number of benzene rings is 1. The summed E-state index contributed by atoms with van der Waals surface area (Å²) in [6.07, 6.45) is 6.61. The molecule has 0 radical (unpaired) electrons. The quantitative estimate of drug-likeness (QED) is 0.616. The predicted molar refractivity (Wildman–Crippen MR) is 136 cm³/mol. The van der Waals surface area contributed by atoms with Crippen LogP contribution in [0.15, 0.2) is 36.4 Å². The van der Waals surface area contributed by atoms with Crippen LogP contribution in [0.3, 0.4) is 0 Å². The van der Waals surface area contributed by atoms with Gasteiger partial charge in [0, 0.05) is 37.8 Å². The lowest BCUT2D eigenvalue weighted by Crippen LogP contribution is -2.55. The molecule has 36 heavy (non-hydrogen) atoms. The van der Waals surface area contributed by atoms with Gasteiger partial charge in [-0.1, -0.05) is 26.0 Å². The molecule has 1 saturated carbocycles. The van der Waals surface area contributed by atoms with Crippen molar-refractivity contribution < 1.29 is 19.2 Å². The minimum Gasteiger partial charge on any atom is -0.378 e. The lowest BCUT2D eigenvalue weighted by atomic mass is 10.0. The third kappa shape index (κ3) is 4.00. The van der Waals surface area contributed by atoms with Gasteiger partial charge in [0.1, 0.15) is 11.6 Å². The van der Waals surface area contributed by atoms with Crippen LogP contribution in [0, 0.1) is 17.8 Å². The summed E-state index contributed by atoms with van der Waals surface area (Å²) in [5.74, 6) is -0.408. The van der Waals surface area contributed by atoms with Crippen LogP contribution < -0.4 is 10.2 Å². The summed E-state index contributed by atoms with van der Waals surface area (Å²) in [5.41, 5.74) is 0.479. The highest BCUT2D eigenvalue weighted by molar-refractivity contribution is 6.04. The molecule has 2 aliphatic heterocycles. The topological polar surface area (TPSA) is 90.0 Å². The SMILES string of the molecule is CC(C)C1CC1(NC(=O)c1ccc(N(C)C)cc1)C(=O)N1CC[C@@H]2[C@H]1C(=O)CN2C(=O)C1CC=CC1. The van der Waals surface area contributed by atoms with Gasteiger partial charge in [0.05, 0.1) is 12.6 Å². The van der Waals surface area contributed by atoms with Gasteiger partial charge in [-0.3, -0.25) is 19.2 Å². The number of likely N-dealkylation sites (tertiary alicyclic amines) is 2. The average Bonchev–Trinajstić information content (AvgIpc) is 3.23. The van der Waals surface area contributed by atoms with Crippen LogP contribution in [0.1, 0.15) is 49.9 Å². The molecule has 2 aliphatic carbocycles.